The molecule has 0 fully saturated rings. The average molecular weight is 483 g/mol. The highest BCUT2D eigenvalue weighted by Crippen LogP contribution is 2.30. The average Bonchev–Trinajstić information content (AvgIpc) is 3.46. The van der Waals surface area contributed by atoms with Gasteiger partial charge in [-0.2, -0.15) is 0 Å². The predicted molar refractivity (Wildman–Crippen MR) is 144 cm³/mol. The van der Waals surface area contributed by atoms with Crippen molar-refractivity contribution in [1.82, 2.24) is 25.3 Å². The maximum absolute atomic E-state index is 12.2. The van der Waals surface area contributed by atoms with Crippen molar-refractivity contribution in [2.24, 2.45) is 5.73 Å². The van der Waals surface area contributed by atoms with E-state index in [2.05, 4.69) is 49.2 Å². The fraction of sp³-hybridized carbons (Fsp3) is 0.222. The Kier molecular flexibility index (Phi) is 6.30. The number of nitrogens with zero attached hydrogens (tertiary/aromatic N) is 3. The normalized spacial score (nSPS) is 12.3. The molecule has 5 aromatic rings. The van der Waals surface area contributed by atoms with Gasteiger partial charge < -0.3 is 31.7 Å². The van der Waals surface area contributed by atoms with Gasteiger partial charge in [-0.25, -0.2) is 9.97 Å². The third-order valence-electron chi connectivity index (χ3n) is 6.38. The minimum atomic E-state index is -0.487. The third-order valence-corrected chi connectivity index (χ3v) is 6.38. The molecule has 184 valence electrons. The molecule has 1 atom stereocenters. The number of aromatic nitrogens is 4. The Hall–Kier alpha value is -4.37. The molecule has 0 radical (unpaired) electrons. The van der Waals surface area contributed by atoms with Crippen LogP contribution in [0.5, 0.6) is 0 Å². The molecule has 1 amide bonds. The lowest BCUT2D eigenvalue weighted by Gasteiger charge is -2.27. The zero-order chi connectivity index (χ0) is 25.2. The lowest BCUT2D eigenvalue weighted by atomic mass is 10.1. The largest absolute Gasteiger partial charge is 0.384 e. The maximum Gasteiger partial charge on any atom is 0.236 e. The van der Waals surface area contributed by atoms with Crippen LogP contribution in [-0.4, -0.2) is 45.0 Å². The van der Waals surface area contributed by atoms with E-state index >= 15 is 0 Å². The molecule has 0 unspecified atom stereocenters. The van der Waals surface area contributed by atoms with Crippen LogP contribution in [0.25, 0.3) is 33.3 Å². The van der Waals surface area contributed by atoms with Crippen molar-refractivity contribution in [3.63, 3.8) is 0 Å². The van der Waals surface area contributed by atoms with Crippen molar-refractivity contribution in [2.75, 3.05) is 23.7 Å². The van der Waals surface area contributed by atoms with Gasteiger partial charge in [0.15, 0.2) is 5.65 Å². The fourth-order valence-electron chi connectivity index (χ4n) is 4.54. The molecule has 7 N–H and O–H groups in total. The topological polar surface area (TPSA) is 142 Å². The Morgan fingerprint density at radius 3 is 2.64 bits per heavy atom. The summed E-state index contributed by atoms with van der Waals surface area (Å²) in [4.78, 5) is 29.8. The summed E-state index contributed by atoms with van der Waals surface area (Å²) < 4.78 is 0. The summed E-state index contributed by atoms with van der Waals surface area (Å²) in [5.74, 6) is 0.830. The highest BCUT2D eigenvalue weighted by atomic mass is 16.1. The number of anilines is 2. The standard InChI is InChI=1S/C27H30N8O/c1-3-35(19-7-5-4-6-8-19)15-23(26(29)36)30-14-17-9-10-21-18(11-17)12-22(33-21)20-13-24(28)34-27-25(20)31-16(2)32-27/h4-13,23,30,33H,3,14-15H2,1-2H3,(H2,29,36)(H3,28,31,32,34)/t23-/m0/s1. The van der Waals surface area contributed by atoms with E-state index < -0.39 is 6.04 Å². The molecule has 0 saturated carbocycles. The van der Waals surface area contributed by atoms with E-state index in [1.54, 1.807) is 0 Å². The number of rotatable bonds is 9. The first kappa shape index (κ1) is 23.4. The number of imidazole rings is 1. The predicted octanol–water partition coefficient (Wildman–Crippen LogP) is 3.47. The molecule has 9 heteroatoms. The summed E-state index contributed by atoms with van der Waals surface area (Å²) in [5.41, 5.74) is 18.2. The van der Waals surface area contributed by atoms with Crippen molar-refractivity contribution in [3.05, 3.63) is 72.1 Å². The minimum absolute atomic E-state index is 0.372. The second-order valence-electron chi connectivity index (χ2n) is 8.93. The minimum Gasteiger partial charge on any atom is -0.384 e. The first-order chi connectivity index (χ1) is 17.4. The van der Waals surface area contributed by atoms with E-state index in [1.165, 1.54) is 0 Å². The molecule has 3 heterocycles. The molecule has 9 nitrogen and oxygen atoms in total. The highest BCUT2D eigenvalue weighted by Gasteiger charge is 2.19. The molecule has 0 spiro atoms. The Labute approximate surface area is 208 Å². The summed E-state index contributed by atoms with van der Waals surface area (Å²) in [7, 11) is 0. The number of hydrogen-bond acceptors (Lipinski definition) is 6. The zero-order valence-corrected chi connectivity index (χ0v) is 20.4. The Balaban J connectivity index is 1.36. The Bertz CT molecular complexity index is 1520. The number of nitrogens with two attached hydrogens (primary N) is 2. The van der Waals surface area contributed by atoms with Crippen LogP contribution in [-0.2, 0) is 11.3 Å². The molecule has 36 heavy (non-hydrogen) atoms. The monoisotopic (exact) mass is 482 g/mol. The number of likely N-dealkylation sites (N-methyl/N-ethyl adjacent to an activating group) is 1. The van der Waals surface area contributed by atoms with Gasteiger partial charge in [0.05, 0.1) is 5.52 Å². The molecule has 3 aromatic heterocycles. The third kappa shape index (κ3) is 4.73. The van der Waals surface area contributed by atoms with Gasteiger partial charge in [0.25, 0.3) is 0 Å². The van der Waals surface area contributed by atoms with Crippen molar-refractivity contribution in [3.8, 4) is 11.3 Å². The van der Waals surface area contributed by atoms with Crippen LogP contribution in [0.4, 0.5) is 11.5 Å². The van der Waals surface area contributed by atoms with E-state index in [9.17, 15) is 4.79 Å². The number of aromatic amines is 2. The van der Waals surface area contributed by atoms with Gasteiger partial charge in [0.2, 0.25) is 5.91 Å². The second kappa shape index (κ2) is 9.71. The number of nitrogen functional groups attached to an aromatic ring is 1. The number of para-hydroxylation sites is 1. The van der Waals surface area contributed by atoms with Gasteiger partial charge >= 0.3 is 0 Å². The van der Waals surface area contributed by atoms with E-state index in [1.807, 2.05) is 55.5 Å². The lowest BCUT2D eigenvalue weighted by molar-refractivity contribution is -0.119. The van der Waals surface area contributed by atoms with Crippen molar-refractivity contribution in [2.45, 2.75) is 26.4 Å². The molecule has 0 aliphatic carbocycles. The molecule has 5 rings (SSSR count). The number of H-pyrrole nitrogens is 2. The molecule has 0 bridgehead atoms. The van der Waals surface area contributed by atoms with Gasteiger partial charge in [-0.1, -0.05) is 24.3 Å². The van der Waals surface area contributed by atoms with Crippen molar-refractivity contribution < 1.29 is 4.79 Å². The van der Waals surface area contributed by atoms with Crippen molar-refractivity contribution >= 4 is 39.5 Å². The number of fused-ring (bicyclic) bond motifs is 2. The first-order valence-corrected chi connectivity index (χ1v) is 12.0. The number of benzene rings is 2. The Morgan fingerprint density at radius 2 is 1.89 bits per heavy atom. The van der Waals surface area contributed by atoms with Crippen molar-refractivity contribution in [1.29, 1.82) is 0 Å². The van der Waals surface area contributed by atoms with E-state index in [0.717, 1.165) is 51.3 Å². The van der Waals surface area contributed by atoms with Crippen LogP contribution in [0.1, 0.15) is 18.3 Å². The number of hydrogen-bond donors (Lipinski definition) is 5. The number of amides is 1. The number of aryl methyl sites for hydroxylation is 1. The summed E-state index contributed by atoms with van der Waals surface area (Å²) in [5, 5.41) is 4.40. The SMILES string of the molecule is CCN(C[C@H](NCc1ccc2[nH]c(-c3cc(N)nc4nc(C)[nH]c34)cc2c1)C(N)=O)c1ccccc1. The Morgan fingerprint density at radius 1 is 1.08 bits per heavy atom. The number of primary amides is 1. The second-order valence-corrected chi connectivity index (χ2v) is 8.93. The summed E-state index contributed by atoms with van der Waals surface area (Å²) >= 11 is 0. The zero-order valence-electron chi connectivity index (χ0n) is 20.4. The van der Waals surface area contributed by atoms with Crippen LogP contribution < -0.4 is 21.7 Å². The molecule has 0 aliphatic heterocycles. The first-order valence-electron chi connectivity index (χ1n) is 12.0. The van der Waals surface area contributed by atoms with Gasteiger partial charge in [-0.3, -0.25) is 4.79 Å². The molecule has 0 aliphatic rings. The van der Waals surface area contributed by atoms with Gasteiger partial charge in [0.1, 0.15) is 17.7 Å². The van der Waals surface area contributed by atoms with E-state index in [4.69, 9.17) is 11.5 Å². The van der Waals surface area contributed by atoms with Crippen LogP contribution in [0.2, 0.25) is 0 Å². The van der Waals surface area contributed by atoms with Crippen LogP contribution in [0.3, 0.4) is 0 Å². The molecule has 2 aromatic carbocycles. The van der Waals surface area contributed by atoms with Gasteiger partial charge in [-0.15, -0.1) is 0 Å². The van der Waals surface area contributed by atoms with Gasteiger partial charge in [0, 0.05) is 47.5 Å². The number of pyridine rings is 1. The smallest absolute Gasteiger partial charge is 0.236 e. The van der Waals surface area contributed by atoms with E-state index in [-0.39, 0.29) is 5.91 Å². The summed E-state index contributed by atoms with van der Waals surface area (Å²) in [6.45, 7) is 5.75. The molecular formula is C27H30N8O. The number of nitrogens with one attached hydrogen (secondary N) is 3. The highest BCUT2D eigenvalue weighted by molar-refractivity contribution is 5.95. The lowest BCUT2D eigenvalue weighted by Crippen LogP contribution is -2.49. The maximum atomic E-state index is 12.2. The van der Waals surface area contributed by atoms with Gasteiger partial charge in [-0.05, 0) is 55.8 Å². The van der Waals surface area contributed by atoms with Crippen LogP contribution in [0, 0.1) is 6.92 Å². The molecular weight excluding hydrogens is 452 g/mol. The summed E-state index contributed by atoms with van der Waals surface area (Å²) in [6.07, 6.45) is 0. The number of carbonyl (C=O) groups excluding carboxylic acids is 1. The van der Waals surface area contributed by atoms with E-state index in [0.29, 0.717) is 24.6 Å². The molecule has 0 saturated heterocycles. The summed E-state index contributed by atoms with van der Waals surface area (Å²) in [6, 6.07) is 19.7. The van der Waals surface area contributed by atoms with Crippen LogP contribution in [0.15, 0.2) is 60.7 Å². The quantitative estimate of drug-likeness (QED) is 0.218. The van der Waals surface area contributed by atoms with Crippen LogP contribution >= 0.6 is 0 Å². The number of carbonyl (C=O) groups is 1. The fourth-order valence-corrected chi connectivity index (χ4v) is 4.54.